The van der Waals surface area contributed by atoms with Crippen molar-refractivity contribution in [3.8, 4) is 0 Å². The van der Waals surface area contributed by atoms with Crippen molar-refractivity contribution < 1.29 is 9.59 Å². The van der Waals surface area contributed by atoms with Gasteiger partial charge in [-0.3, -0.25) is 9.59 Å². The highest BCUT2D eigenvalue weighted by atomic mass is 16.2. The minimum atomic E-state index is -0.200. The number of fused-ring (bicyclic) bond motifs is 1. The molecule has 2 amide bonds. The summed E-state index contributed by atoms with van der Waals surface area (Å²) in [6.07, 6.45) is 7.45. The maximum Gasteiger partial charge on any atom is 0.226 e. The van der Waals surface area contributed by atoms with Crippen molar-refractivity contribution in [2.45, 2.75) is 57.9 Å². The SMILES string of the molecule is C[C@@H](NC(=O)CCNC(=O)C12CC3CC(CC(C3)C1)C2)c1nc2ccccc2[nH]1. The fraction of sp³-hybridized carbons (Fsp3) is 0.609. The number of nitrogens with zero attached hydrogens (tertiary/aromatic N) is 1. The third-order valence-electron chi connectivity index (χ3n) is 7.35. The molecule has 3 N–H and O–H groups in total. The summed E-state index contributed by atoms with van der Waals surface area (Å²) in [4.78, 5) is 33.1. The number of carbonyl (C=O) groups excluding carboxylic acids is 2. The fourth-order valence-electron chi connectivity index (χ4n) is 6.43. The summed E-state index contributed by atoms with van der Waals surface area (Å²) < 4.78 is 0. The molecule has 6 rings (SSSR count). The molecule has 0 saturated heterocycles. The molecule has 0 aliphatic heterocycles. The summed E-state index contributed by atoms with van der Waals surface area (Å²) in [5, 5.41) is 6.06. The summed E-state index contributed by atoms with van der Waals surface area (Å²) in [7, 11) is 0. The first kappa shape index (κ1) is 18.6. The third kappa shape index (κ3) is 3.53. The largest absolute Gasteiger partial charge is 0.355 e. The first-order valence-electron chi connectivity index (χ1n) is 11.0. The normalized spacial score (nSPS) is 31.0. The van der Waals surface area contributed by atoms with Crippen molar-refractivity contribution in [1.29, 1.82) is 0 Å². The molecule has 4 bridgehead atoms. The molecule has 0 unspecified atom stereocenters. The lowest BCUT2D eigenvalue weighted by molar-refractivity contribution is -0.146. The maximum atomic E-state index is 13.0. The number of carbonyl (C=O) groups is 2. The van der Waals surface area contributed by atoms with Crippen LogP contribution in [0.5, 0.6) is 0 Å². The second-order valence-corrected chi connectivity index (χ2v) is 9.63. The molecular formula is C23H30N4O2. The number of benzene rings is 1. The predicted octanol–water partition coefficient (Wildman–Crippen LogP) is 3.46. The molecule has 6 heteroatoms. The topological polar surface area (TPSA) is 86.9 Å². The van der Waals surface area contributed by atoms with E-state index in [-0.39, 0.29) is 23.3 Å². The smallest absolute Gasteiger partial charge is 0.226 e. The summed E-state index contributed by atoms with van der Waals surface area (Å²) in [5.41, 5.74) is 1.71. The Morgan fingerprint density at radius 1 is 1.14 bits per heavy atom. The van der Waals surface area contributed by atoms with Crippen molar-refractivity contribution >= 4 is 22.8 Å². The molecule has 1 aromatic carbocycles. The third-order valence-corrected chi connectivity index (χ3v) is 7.35. The Morgan fingerprint density at radius 3 is 2.45 bits per heavy atom. The van der Waals surface area contributed by atoms with Crippen LogP contribution < -0.4 is 10.6 Å². The number of hydrogen-bond acceptors (Lipinski definition) is 3. The lowest BCUT2D eigenvalue weighted by Crippen LogP contribution is -2.53. The van der Waals surface area contributed by atoms with Crippen molar-refractivity contribution in [3.63, 3.8) is 0 Å². The summed E-state index contributed by atoms with van der Waals surface area (Å²) in [5.74, 6) is 3.12. The van der Waals surface area contributed by atoms with Crippen molar-refractivity contribution in [3.05, 3.63) is 30.1 Å². The van der Waals surface area contributed by atoms with Gasteiger partial charge in [-0.25, -0.2) is 4.98 Å². The Kier molecular flexibility index (Phi) is 4.60. The van der Waals surface area contributed by atoms with Gasteiger partial charge in [0.15, 0.2) is 0 Å². The molecule has 4 aliphatic rings. The van der Waals surface area contributed by atoms with Crippen LogP contribution in [0.3, 0.4) is 0 Å². The molecule has 0 spiro atoms. The number of amides is 2. The van der Waals surface area contributed by atoms with Gasteiger partial charge >= 0.3 is 0 Å². The van der Waals surface area contributed by atoms with Crippen molar-refractivity contribution in [1.82, 2.24) is 20.6 Å². The van der Waals surface area contributed by atoms with Crippen LogP contribution in [0.4, 0.5) is 0 Å². The van der Waals surface area contributed by atoms with Gasteiger partial charge in [0.1, 0.15) is 5.82 Å². The van der Waals surface area contributed by atoms with Gasteiger partial charge in [0.2, 0.25) is 11.8 Å². The second-order valence-electron chi connectivity index (χ2n) is 9.63. The van der Waals surface area contributed by atoms with E-state index in [9.17, 15) is 9.59 Å². The van der Waals surface area contributed by atoms with Crippen molar-refractivity contribution in [2.24, 2.45) is 23.2 Å². The standard InChI is InChI=1S/C23H30N4O2/c1-14(21-26-18-4-2-3-5-19(18)27-21)25-20(28)6-7-24-22(29)23-11-15-8-16(12-23)10-17(9-15)13-23/h2-5,14-17H,6-13H2,1H3,(H,24,29)(H,25,28)(H,26,27)/t14-,15?,16?,17?,23?/m1/s1. The Balaban J connectivity index is 1.12. The van der Waals surface area contributed by atoms with Crippen LogP contribution in [0, 0.1) is 23.2 Å². The first-order valence-corrected chi connectivity index (χ1v) is 11.0. The summed E-state index contributed by atoms with van der Waals surface area (Å²) in [6, 6.07) is 7.63. The number of para-hydroxylation sites is 2. The second kappa shape index (κ2) is 7.15. The zero-order valence-corrected chi connectivity index (χ0v) is 17.0. The highest BCUT2D eigenvalue weighted by Crippen LogP contribution is 2.60. The van der Waals surface area contributed by atoms with Crippen LogP contribution in [-0.2, 0) is 9.59 Å². The maximum absolute atomic E-state index is 13.0. The fourth-order valence-corrected chi connectivity index (χ4v) is 6.43. The summed E-state index contributed by atoms with van der Waals surface area (Å²) in [6.45, 7) is 2.32. The number of H-pyrrole nitrogens is 1. The van der Waals surface area contributed by atoms with Gasteiger partial charge in [0, 0.05) is 18.4 Å². The average molecular weight is 395 g/mol. The van der Waals surface area contributed by atoms with E-state index in [0.29, 0.717) is 13.0 Å². The Bertz CT molecular complexity index is 866. The Morgan fingerprint density at radius 2 is 1.79 bits per heavy atom. The molecule has 154 valence electrons. The molecule has 4 saturated carbocycles. The molecular weight excluding hydrogens is 364 g/mol. The number of aromatic nitrogens is 2. The highest BCUT2D eigenvalue weighted by molar-refractivity contribution is 5.84. The average Bonchev–Trinajstić information content (AvgIpc) is 3.11. The lowest BCUT2D eigenvalue weighted by Gasteiger charge is -2.55. The first-order chi connectivity index (χ1) is 14.0. The number of nitrogens with one attached hydrogen (secondary N) is 3. The molecule has 1 aromatic heterocycles. The van der Waals surface area contributed by atoms with Crippen LogP contribution >= 0.6 is 0 Å². The van der Waals surface area contributed by atoms with Gasteiger partial charge < -0.3 is 15.6 Å². The number of aromatic amines is 1. The quantitative estimate of drug-likeness (QED) is 0.701. The molecule has 4 aliphatic carbocycles. The van der Waals surface area contributed by atoms with Crippen LogP contribution in [0.2, 0.25) is 0 Å². The Labute approximate surface area is 171 Å². The molecule has 29 heavy (non-hydrogen) atoms. The van der Waals surface area contributed by atoms with E-state index in [1.807, 2.05) is 31.2 Å². The van der Waals surface area contributed by atoms with E-state index in [1.54, 1.807) is 0 Å². The monoisotopic (exact) mass is 394 g/mol. The van der Waals surface area contributed by atoms with Gasteiger partial charge in [-0.1, -0.05) is 12.1 Å². The number of hydrogen-bond donors (Lipinski definition) is 3. The van der Waals surface area contributed by atoms with E-state index < -0.39 is 0 Å². The highest BCUT2D eigenvalue weighted by Gasteiger charge is 2.54. The van der Waals surface area contributed by atoms with Crippen LogP contribution in [0.15, 0.2) is 24.3 Å². The molecule has 1 heterocycles. The van der Waals surface area contributed by atoms with Gasteiger partial charge in [-0.15, -0.1) is 0 Å². The minimum Gasteiger partial charge on any atom is -0.355 e. The summed E-state index contributed by atoms with van der Waals surface area (Å²) >= 11 is 0. The van der Waals surface area contributed by atoms with Gasteiger partial charge in [0.05, 0.1) is 17.1 Å². The van der Waals surface area contributed by atoms with E-state index in [1.165, 1.54) is 19.3 Å². The van der Waals surface area contributed by atoms with E-state index in [0.717, 1.165) is 53.9 Å². The van der Waals surface area contributed by atoms with E-state index in [2.05, 4.69) is 20.6 Å². The van der Waals surface area contributed by atoms with Gasteiger partial charge in [0.25, 0.3) is 0 Å². The zero-order chi connectivity index (χ0) is 20.0. The van der Waals surface area contributed by atoms with Crippen molar-refractivity contribution in [2.75, 3.05) is 6.54 Å². The van der Waals surface area contributed by atoms with Crippen LogP contribution in [0.1, 0.15) is 63.7 Å². The molecule has 6 nitrogen and oxygen atoms in total. The molecule has 4 fully saturated rings. The van der Waals surface area contributed by atoms with Gasteiger partial charge in [-0.2, -0.15) is 0 Å². The number of imidazole rings is 1. The molecule has 2 aromatic rings. The van der Waals surface area contributed by atoms with E-state index in [4.69, 9.17) is 0 Å². The Hall–Kier alpha value is -2.37. The predicted molar refractivity (Wildman–Crippen MR) is 111 cm³/mol. The van der Waals surface area contributed by atoms with Crippen LogP contribution in [-0.4, -0.2) is 28.3 Å². The zero-order valence-electron chi connectivity index (χ0n) is 17.0. The molecule has 0 radical (unpaired) electrons. The van der Waals surface area contributed by atoms with E-state index >= 15 is 0 Å². The molecule has 1 atom stereocenters. The number of rotatable bonds is 6. The van der Waals surface area contributed by atoms with Crippen LogP contribution in [0.25, 0.3) is 11.0 Å². The van der Waals surface area contributed by atoms with Gasteiger partial charge in [-0.05, 0) is 75.3 Å². The lowest BCUT2D eigenvalue weighted by atomic mass is 9.49. The minimum absolute atomic E-state index is 0.0660.